The standard InChI is InChI=1S/C16H22N4/c1-4-18-14-9-16(2,3)10-15-13(14)11-19-20(15)12-5-7-17-8-6-12/h5-8,11,14,18H,4,9-10H2,1-3H3. The highest BCUT2D eigenvalue weighted by Crippen LogP contribution is 2.41. The number of hydrogen-bond acceptors (Lipinski definition) is 3. The van der Waals surface area contributed by atoms with Crippen molar-refractivity contribution in [2.45, 2.75) is 39.7 Å². The van der Waals surface area contributed by atoms with Crippen LogP contribution in [-0.4, -0.2) is 21.3 Å². The highest BCUT2D eigenvalue weighted by molar-refractivity contribution is 5.36. The van der Waals surface area contributed by atoms with Crippen molar-refractivity contribution in [3.8, 4) is 5.69 Å². The van der Waals surface area contributed by atoms with Gasteiger partial charge in [0, 0.05) is 29.7 Å². The fraction of sp³-hybridized carbons (Fsp3) is 0.500. The molecule has 0 aromatic carbocycles. The van der Waals surface area contributed by atoms with Gasteiger partial charge in [-0.05, 0) is 36.9 Å². The summed E-state index contributed by atoms with van der Waals surface area (Å²) < 4.78 is 2.07. The summed E-state index contributed by atoms with van der Waals surface area (Å²) in [7, 11) is 0. The van der Waals surface area contributed by atoms with Gasteiger partial charge >= 0.3 is 0 Å². The van der Waals surface area contributed by atoms with Crippen molar-refractivity contribution >= 4 is 0 Å². The Balaban J connectivity index is 2.05. The molecule has 4 heteroatoms. The average molecular weight is 270 g/mol. The molecule has 4 nitrogen and oxygen atoms in total. The Kier molecular flexibility index (Phi) is 3.34. The zero-order chi connectivity index (χ0) is 14.2. The third-order valence-corrected chi connectivity index (χ3v) is 4.04. The summed E-state index contributed by atoms with van der Waals surface area (Å²) in [5.41, 5.74) is 4.07. The highest BCUT2D eigenvalue weighted by atomic mass is 15.3. The van der Waals surface area contributed by atoms with Crippen LogP contribution in [0.1, 0.15) is 44.5 Å². The van der Waals surface area contributed by atoms with Crippen molar-refractivity contribution in [1.82, 2.24) is 20.1 Å². The molecule has 0 aliphatic heterocycles. The van der Waals surface area contributed by atoms with Crippen LogP contribution in [0.2, 0.25) is 0 Å². The second kappa shape index (κ2) is 5.02. The van der Waals surface area contributed by atoms with Gasteiger partial charge in [0.25, 0.3) is 0 Å². The van der Waals surface area contributed by atoms with E-state index in [9.17, 15) is 0 Å². The first-order valence-corrected chi connectivity index (χ1v) is 7.31. The van der Waals surface area contributed by atoms with Crippen LogP contribution in [0.5, 0.6) is 0 Å². The van der Waals surface area contributed by atoms with E-state index in [0.717, 1.165) is 25.1 Å². The summed E-state index contributed by atoms with van der Waals surface area (Å²) in [6.07, 6.45) is 7.89. The van der Waals surface area contributed by atoms with Gasteiger partial charge in [0.15, 0.2) is 0 Å². The van der Waals surface area contributed by atoms with Crippen LogP contribution in [0.3, 0.4) is 0 Å². The Labute approximate surface area is 120 Å². The fourth-order valence-corrected chi connectivity index (χ4v) is 3.18. The molecule has 106 valence electrons. The molecule has 0 saturated carbocycles. The molecule has 0 amide bonds. The van der Waals surface area contributed by atoms with Crippen molar-refractivity contribution in [3.63, 3.8) is 0 Å². The molecule has 3 rings (SSSR count). The summed E-state index contributed by atoms with van der Waals surface area (Å²) >= 11 is 0. The Hall–Kier alpha value is -1.68. The van der Waals surface area contributed by atoms with E-state index in [-0.39, 0.29) is 0 Å². The number of fused-ring (bicyclic) bond motifs is 1. The van der Waals surface area contributed by atoms with E-state index < -0.39 is 0 Å². The number of nitrogens with zero attached hydrogens (tertiary/aromatic N) is 3. The molecular formula is C16H22N4. The molecule has 0 saturated heterocycles. The normalized spacial score (nSPS) is 20.6. The molecule has 2 aromatic rings. The van der Waals surface area contributed by atoms with Crippen LogP contribution in [0.4, 0.5) is 0 Å². The monoisotopic (exact) mass is 270 g/mol. The molecule has 1 aliphatic rings. The largest absolute Gasteiger partial charge is 0.310 e. The van der Waals surface area contributed by atoms with E-state index >= 15 is 0 Å². The number of aromatic nitrogens is 3. The summed E-state index contributed by atoms with van der Waals surface area (Å²) in [5, 5.41) is 8.21. The lowest BCUT2D eigenvalue weighted by molar-refractivity contribution is 0.255. The van der Waals surface area contributed by atoms with E-state index in [0.29, 0.717) is 11.5 Å². The summed E-state index contributed by atoms with van der Waals surface area (Å²) in [5.74, 6) is 0. The van der Waals surface area contributed by atoms with E-state index in [2.05, 4.69) is 40.9 Å². The first-order chi connectivity index (χ1) is 9.61. The number of hydrogen-bond donors (Lipinski definition) is 1. The lowest BCUT2D eigenvalue weighted by Gasteiger charge is -2.36. The van der Waals surface area contributed by atoms with Crippen LogP contribution in [0.25, 0.3) is 5.69 Å². The first-order valence-electron chi connectivity index (χ1n) is 7.31. The molecule has 1 N–H and O–H groups in total. The van der Waals surface area contributed by atoms with E-state index in [1.54, 1.807) is 0 Å². The third kappa shape index (κ3) is 2.36. The van der Waals surface area contributed by atoms with Crippen molar-refractivity contribution in [2.75, 3.05) is 6.54 Å². The quantitative estimate of drug-likeness (QED) is 0.932. The molecule has 2 aromatic heterocycles. The summed E-state index contributed by atoms with van der Waals surface area (Å²) in [4.78, 5) is 4.09. The Morgan fingerprint density at radius 1 is 1.35 bits per heavy atom. The van der Waals surface area contributed by atoms with Gasteiger partial charge in [-0.3, -0.25) is 4.98 Å². The van der Waals surface area contributed by atoms with Gasteiger partial charge in [-0.15, -0.1) is 0 Å². The van der Waals surface area contributed by atoms with Gasteiger partial charge in [0.05, 0.1) is 11.9 Å². The minimum absolute atomic E-state index is 0.296. The van der Waals surface area contributed by atoms with Crippen LogP contribution in [0.15, 0.2) is 30.7 Å². The molecule has 0 fully saturated rings. The lowest BCUT2D eigenvalue weighted by atomic mass is 9.74. The maximum Gasteiger partial charge on any atom is 0.0679 e. The molecule has 2 heterocycles. The first kappa shape index (κ1) is 13.3. The highest BCUT2D eigenvalue weighted by Gasteiger charge is 2.34. The zero-order valence-corrected chi connectivity index (χ0v) is 12.4. The smallest absolute Gasteiger partial charge is 0.0679 e. The van der Waals surface area contributed by atoms with Crippen LogP contribution < -0.4 is 5.32 Å². The van der Waals surface area contributed by atoms with E-state index in [1.807, 2.05) is 30.7 Å². The molecular weight excluding hydrogens is 248 g/mol. The summed E-state index contributed by atoms with van der Waals surface area (Å²) in [6, 6.07) is 4.43. The molecule has 1 unspecified atom stereocenters. The second-order valence-electron chi connectivity index (χ2n) is 6.32. The zero-order valence-electron chi connectivity index (χ0n) is 12.4. The number of pyridine rings is 1. The van der Waals surface area contributed by atoms with E-state index in [1.165, 1.54) is 11.3 Å². The fourth-order valence-electron chi connectivity index (χ4n) is 3.18. The minimum Gasteiger partial charge on any atom is -0.310 e. The van der Waals surface area contributed by atoms with Gasteiger partial charge in [0.1, 0.15) is 0 Å². The van der Waals surface area contributed by atoms with Gasteiger partial charge in [-0.2, -0.15) is 5.10 Å². The van der Waals surface area contributed by atoms with Crippen LogP contribution in [-0.2, 0) is 6.42 Å². The van der Waals surface area contributed by atoms with Crippen LogP contribution in [0, 0.1) is 5.41 Å². The minimum atomic E-state index is 0.296. The maximum atomic E-state index is 4.61. The van der Waals surface area contributed by atoms with Crippen molar-refractivity contribution < 1.29 is 0 Å². The van der Waals surface area contributed by atoms with Gasteiger partial charge < -0.3 is 5.32 Å². The molecule has 1 atom stereocenters. The van der Waals surface area contributed by atoms with Gasteiger partial charge in [-0.1, -0.05) is 20.8 Å². The maximum absolute atomic E-state index is 4.61. The second-order valence-corrected chi connectivity index (χ2v) is 6.32. The van der Waals surface area contributed by atoms with Crippen molar-refractivity contribution in [3.05, 3.63) is 42.0 Å². The Bertz CT molecular complexity index is 586. The number of rotatable bonds is 3. The molecule has 0 spiro atoms. The topological polar surface area (TPSA) is 42.7 Å². The van der Waals surface area contributed by atoms with Crippen molar-refractivity contribution in [2.24, 2.45) is 5.41 Å². The van der Waals surface area contributed by atoms with Gasteiger partial charge in [0.2, 0.25) is 0 Å². The van der Waals surface area contributed by atoms with E-state index in [4.69, 9.17) is 0 Å². The summed E-state index contributed by atoms with van der Waals surface area (Å²) in [6.45, 7) is 7.82. The lowest BCUT2D eigenvalue weighted by Crippen LogP contribution is -2.33. The van der Waals surface area contributed by atoms with Gasteiger partial charge in [-0.25, -0.2) is 4.68 Å². The molecule has 1 aliphatic carbocycles. The van der Waals surface area contributed by atoms with Crippen molar-refractivity contribution in [1.29, 1.82) is 0 Å². The number of nitrogens with one attached hydrogen (secondary N) is 1. The molecule has 0 radical (unpaired) electrons. The molecule has 0 bridgehead atoms. The molecule has 20 heavy (non-hydrogen) atoms. The Morgan fingerprint density at radius 3 is 2.80 bits per heavy atom. The predicted molar refractivity (Wildman–Crippen MR) is 79.9 cm³/mol. The SMILES string of the molecule is CCNC1CC(C)(C)Cc2c1cnn2-c1ccncc1. The van der Waals surface area contributed by atoms with Crippen LogP contribution >= 0.6 is 0 Å². The third-order valence-electron chi connectivity index (χ3n) is 4.04. The Morgan fingerprint density at radius 2 is 2.10 bits per heavy atom. The average Bonchev–Trinajstić information content (AvgIpc) is 2.82. The predicted octanol–water partition coefficient (Wildman–Crippen LogP) is 2.89.